The number of carbonyl (C=O) groups excluding carboxylic acids is 1. The minimum atomic E-state index is -0.186. The monoisotopic (exact) mass is 426 g/mol. The van der Waals surface area contributed by atoms with E-state index in [1.54, 1.807) is 14.0 Å². The van der Waals surface area contributed by atoms with Crippen LogP contribution in [-0.4, -0.2) is 24.7 Å². The topological polar surface area (TPSA) is 64.4 Å². The van der Waals surface area contributed by atoms with Gasteiger partial charge in [-0.2, -0.15) is 0 Å². The van der Waals surface area contributed by atoms with Crippen LogP contribution in [0.3, 0.4) is 0 Å². The Kier molecular flexibility index (Phi) is 6.66. The molecule has 162 valence electrons. The maximum atomic E-state index is 13.1. The lowest BCUT2D eigenvalue weighted by Gasteiger charge is -2.18. The van der Waals surface area contributed by atoms with Crippen LogP contribution in [0.4, 0.5) is 0 Å². The molecule has 0 aliphatic carbocycles. The predicted molar refractivity (Wildman–Crippen MR) is 125 cm³/mol. The zero-order valence-corrected chi connectivity index (χ0v) is 18.2. The first kappa shape index (κ1) is 21.4. The largest absolute Gasteiger partial charge is 0.497 e. The number of hydrogen-bond donors (Lipinski definition) is 1. The van der Waals surface area contributed by atoms with E-state index in [2.05, 4.69) is 34.7 Å². The van der Waals surface area contributed by atoms with Crippen LogP contribution < -0.4 is 10.1 Å². The van der Waals surface area contributed by atoms with Crippen molar-refractivity contribution in [1.29, 1.82) is 0 Å². The van der Waals surface area contributed by atoms with Crippen molar-refractivity contribution in [3.05, 3.63) is 107 Å². The summed E-state index contributed by atoms with van der Waals surface area (Å²) in [5, 5.41) is 7.09. The molecule has 3 aromatic carbocycles. The van der Waals surface area contributed by atoms with Gasteiger partial charge < -0.3 is 14.6 Å². The Hall–Kier alpha value is -3.86. The second-order valence-corrected chi connectivity index (χ2v) is 7.62. The van der Waals surface area contributed by atoms with E-state index in [1.807, 2.05) is 60.7 Å². The number of nitrogens with one attached hydrogen (secondary N) is 1. The molecule has 0 spiro atoms. The van der Waals surface area contributed by atoms with Gasteiger partial charge in [0.05, 0.1) is 12.8 Å². The van der Waals surface area contributed by atoms with E-state index in [9.17, 15) is 4.79 Å². The smallest absolute Gasteiger partial charge is 0.257 e. The fourth-order valence-corrected chi connectivity index (χ4v) is 3.89. The molecule has 0 atom stereocenters. The molecule has 4 aromatic rings. The van der Waals surface area contributed by atoms with Gasteiger partial charge in [-0.15, -0.1) is 0 Å². The standard InChI is InChI=1S/C27H26N2O3/c1-19-25(26(32-29-19)22-13-15-23(31-2)16-14-22)27(30)28-18-17-24(20-9-5-3-6-10-20)21-11-7-4-8-12-21/h3-16,24H,17-18H2,1-2H3,(H,28,30). The van der Waals surface area contributed by atoms with Crippen LogP contribution in [0.15, 0.2) is 89.5 Å². The van der Waals surface area contributed by atoms with Gasteiger partial charge in [0.1, 0.15) is 11.3 Å². The van der Waals surface area contributed by atoms with Gasteiger partial charge in [-0.3, -0.25) is 4.79 Å². The molecule has 0 fully saturated rings. The molecule has 1 aromatic heterocycles. The third-order valence-electron chi connectivity index (χ3n) is 5.56. The fraction of sp³-hybridized carbons (Fsp3) is 0.185. The molecule has 4 rings (SSSR count). The van der Waals surface area contributed by atoms with Gasteiger partial charge in [0, 0.05) is 18.0 Å². The summed E-state index contributed by atoms with van der Waals surface area (Å²) < 4.78 is 10.7. The number of carbonyl (C=O) groups is 1. The van der Waals surface area contributed by atoms with Crippen LogP contribution in [0.1, 0.15) is 39.5 Å². The number of nitrogens with zero attached hydrogens (tertiary/aromatic N) is 1. The summed E-state index contributed by atoms with van der Waals surface area (Å²) in [5.41, 5.74) is 4.27. The summed E-state index contributed by atoms with van der Waals surface area (Å²) in [5.74, 6) is 1.21. The Morgan fingerprint density at radius 2 is 1.53 bits per heavy atom. The molecule has 5 heteroatoms. The normalized spacial score (nSPS) is 10.8. The summed E-state index contributed by atoms with van der Waals surface area (Å²) in [6.07, 6.45) is 0.780. The molecule has 32 heavy (non-hydrogen) atoms. The van der Waals surface area contributed by atoms with Crippen molar-refractivity contribution in [2.45, 2.75) is 19.3 Å². The minimum absolute atomic E-state index is 0.186. The van der Waals surface area contributed by atoms with Crippen molar-refractivity contribution in [1.82, 2.24) is 10.5 Å². The highest BCUT2D eigenvalue weighted by atomic mass is 16.5. The number of aryl methyl sites for hydroxylation is 1. The molecule has 0 aliphatic heterocycles. The van der Waals surface area contributed by atoms with Crippen LogP contribution in [0, 0.1) is 6.92 Å². The number of ether oxygens (including phenoxy) is 1. The lowest BCUT2D eigenvalue weighted by molar-refractivity contribution is 0.0952. The molecule has 1 N–H and O–H groups in total. The average molecular weight is 427 g/mol. The Labute approximate surface area is 188 Å². The fourth-order valence-electron chi connectivity index (χ4n) is 3.89. The van der Waals surface area contributed by atoms with E-state index in [-0.39, 0.29) is 11.8 Å². The second-order valence-electron chi connectivity index (χ2n) is 7.62. The Morgan fingerprint density at radius 1 is 0.938 bits per heavy atom. The average Bonchev–Trinajstić information content (AvgIpc) is 3.24. The van der Waals surface area contributed by atoms with Crippen molar-refractivity contribution >= 4 is 5.91 Å². The van der Waals surface area contributed by atoms with Crippen molar-refractivity contribution in [3.8, 4) is 17.1 Å². The molecule has 0 aliphatic rings. The molecule has 0 radical (unpaired) electrons. The number of benzene rings is 3. The summed E-state index contributed by atoms with van der Waals surface area (Å²) in [6.45, 7) is 2.31. The highest BCUT2D eigenvalue weighted by molar-refractivity contribution is 6.00. The van der Waals surface area contributed by atoms with Crippen LogP contribution in [0.2, 0.25) is 0 Å². The Morgan fingerprint density at radius 3 is 2.09 bits per heavy atom. The van der Waals surface area contributed by atoms with Crippen molar-refractivity contribution in [2.24, 2.45) is 0 Å². The number of aromatic nitrogens is 1. The maximum Gasteiger partial charge on any atom is 0.257 e. The number of amides is 1. The van der Waals surface area contributed by atoms with E-state index in [0.717, 1.165) is 17.7 Å². The number of rotatable bonds is 8. The van der Waals surface area contributed by atoms with Gasteiger partial charge in [0.2, 0.25) is 0 Å². The Bertz CT molecular complexity index is 1110. The van der Waals surface area contributed by atoms with Crippen LogP contribution in [0.5, 0.6) is 5.75 Å². The van der Waals surface area contributed by atoms with E-state index < -0.39 is 0 Å². The first-order chi connectivity index (χ1) is 15.7. The molecule has 0 unspecified atom stereocenters. The first-order valence-corrected chi connectivity index (χ1v) is 10.7. The van der Waals surface area contributed by atoms with Crippen LogP contribution in [-0.2, 0) is 0 Å². The molecule has 0 saturated heterocycles. The van der Waals surface area contributed by atoms with Gasteiger partial charge >= 0.3 is 0 Å². The number of hydrogen-bond acceptors (Lipinski definition) is 4. The quantitative estimate of drug-likeness (QED) is 0.398. The lowest BCUT2D eigenvalue weighted by atomic mass is 9.88. The van der Waals surface area contributed by atoms with Gasteiger partial charge in [0.25, 0.3) is 5.91 Å². The summed E-state index contributed by atoms with van der Waals surface area (Å²) in [7, 11) is 1.62. The molecular weight excluding hydrogens is 400 g/mol. The van der Waals surface area contributed by atoms with Crippen molar-refractivity contribution < 1.29 is 14.1 Å². The second kappa shape index (κ2) is 9.96. The molecule has 0 bridgehead atoms. The third-order valence-corrected chi connectivity index (χ3v) is 5.56. The highest BCUT2D eigenvalue weighted by Gasteiger charge is 2.22. The minimum Gasteiger partial charge on any atom is -0.497 e. The maximum absolute atomic E-state index is 13.1. The predicted octanol–water partition coefficient (Wildman–Crippen LogP) is 5.61. The zero-order valence-electron chi connectivity index (χ0n) is 18.2. The van der Waals surface area contributed by atoms with Crippen LogP contribution in [0.25, 0.3) is 11.3 Å². The molecule has 1 heterocycles. The van der Waals surface area contributed by atoms with Gasteiger partial charge in [-0.1, -0.05) is 65.8 Å². The van der Waals surface area contributed by atoms with E-state index >= 15 is 0 Å². The van der Waals surface area contributed by atoms with Gasteiger partial charge in [-0.05, 0) is 48.7 Å². The molecule has 5 nitrogen and oxygen atoms in total. The summed E-state index contributed by atoms with van der Waals surface area (Å²) >= 11 is 0. The van der Waals surface area contributed by atoms with Gasteiger partial charge in [0.15, 0.2) is 5.76 Å². The molecule has 1 amide bonds. The highest BCUT2D eigenvalue weighted by Crippen LogP contribution is 2.29. The third kappa shape index (κ3) is 4.72. The summed E-state index contributed by atoms with van der Waals surface area (Å²) in [4.78, 5) is 13.1. The molecular formula is C27H26N2O3. The van der Waals surface area contributed by atoms with Crippen LogP contribution >= 0.6 is 0 Å². The Balaban J connectivity index is 1.49. The molecule has 0 saturated carbocycles. The van der Waals surface area contributed by atoms with E-state index in [1.165, 1.54) is 11.1 Å². The number of methoxy groups -OCH3 is 1. The van der Waals surface area contributed by atoms with Crippen molar-refractivity contribution in [2.75, 3.05) is 13.7 Å². The zero-order chi connectivity index (χ0) is 22.3. The van der Waals surface area contributed by atoms with Crippen molar-refractivity contribution in [3.63, 3.8) is 0 Å². The van der Waals surface area contributed by atoms with E-state index in [0.29, 0.717) is 23.6 Å². The first-order valence-electron chi connectivity index (χ1n) is 10.7. The lowest BCUT2D eigenvalue weighted by Crippen LogP contribution is -2.26. The van der Waals surface area contributed by atoms with Gasteiger partial charge in [-0.25, -0.2) is 0 Å². The SMILES string of the molecule is COc1ccc(-c2onc(C)c2C(=O)NCCC(c2ccccc2)c2ccccc2)cc1. The van der Waals surface area contributed by atoms with E-state index in [4.69, 9.17) is 9.26 Å². The summed E-state index contributed by atoms with van der Waals surface area (Å²) in [6, 6.07) is 28.1.